The summed E-state index contributed by atoms with van der Waals surface area (Å²) < 4.78 is 32.0. The summed E-state index contributed by atoms with van der Waals surface area (Å²) in [6.07, 6.45) is 0.206. The summed E-state index contributed by atoms with van der Waals surface area (Å²) in [7, 11) is 0. The van der Waals surface area contributed by atoms with Crippen molar-refractivity contribution < 1.29 is 22.9 Å². The summed E-state index contributed by atoms with van der Waals surface area (Å²) in [5.74, 6) is -2.47. The Hall–Kier alpha value is -1.96. The summed E-state index contributed by atoms with van der Waals surface area (Å²) >= 11 is 1.12. The van der Waals surface area contributed by atoms with Gasteiger partial charge in [0.2, 0.25) is 11.4 Å². The second-order valence-electron chi connectivity index (χ2n) is 4.40. The van der Waals surface area contributed by atoms with Crippen molar-refractivity contribution in [2.24, 2.45) is 0 Å². The van der Waals surface area contributed by atoms with Crippen molar-refractivity contribution in [1.82, 2.24) is 5.16 Å². The van der Waals surface area contributed by atoms with Crippen molar-refractivity contribution in [2.45, 2.75) is 12.2 Å². The average molecular weight is 298 g/mol. The van der Waals surface area contributed by atoms with E-state index in [1.165, 1.54) is 4.90 Å². The fourth-order valence-electron chi connectivity index (χ4n) is 2.08. The maximum atomic E-state index is 13.7. The van der Waals surface area contributed by atoms with E-state index in [9.17, 15) is 18.4 Å². The van der Waals surface area contributed by atoms with Crippen LogP contribution in [0.25, 0.3) is 11.0 Å². The molecule has 0 aliphatic carbocycles. The average Bonchev–Trinajstić information content (AvgIpc) is 2.96. The summed E-state index contributed by atoms with van der Waals surface area (Å²) in [5.41, 5.74) is -0.841. The van der Waals surface area contributed by atoms with Gasteiger partial charge in [0, 0.05) is 11.8 Å². The first kappa shape index (κ1) is 13.0. The standard InChI is InChI=1S/C12H8F2N2O3S/c1-5-3-16(12(18)20-5)11-7-2-6(4-17)8(13)9(14)10(7)19-15-11/h2,4-5H,3H2,1H3/t5-/m1/s1. The summed E-state index contributed by atoms with van der Waals surface area (Å²) in [4.78, 5) is 23.9. The van der Waals surface area contributed by atoms with Gasteiger partial charge < -0.3 is 4.52 Å². The second kappa shape index (κ2) is 4.55. The van der Waals surface area contributed by atoms with Crippen LogP contribution in [0.1, 0.15) is 17.3 Å². The van der Waals surface area contributed by atoms with E-state index < -0.39 is 22.8 Å². The molecule has 20 heavy (non-hydrogen) atoms. The van der Waals surface area contributed by atoms with Crippen LogP contribution in [0.3, 0.4) is 0 Å². The predicted octanol–water partition coefficient (Wildman–Crippen LogP) is 2.98. The van der Waals surface area contributed by atoms with E-state index in [1.54, 1.807) is 0 Å². The van der Waals surface area contributed by atoms with E-state index in [4.69, 9.17) is 4.52 Å². The monoisotopic (exact) mass is 298 g/mol. The Morgan fingerprint density at radius 2 is 2.25 bits per heavy atom. The zero-order chi connectivity index (χ0) is 14.4. The number of nitrogens with zero attached hydrogens (tertiary/aromatic N) is 2. The van der Waals surface area contributed by atoms with Gasteiger partial charge in [-0.1, -0.05) is 23.8 Å². The van der Waals surface area contributed by atoms with Gasteiger partial charge in [0.05, 0.1) is 10.9 Å². The van der Waals surface area contributed by atoms with Crippen LogP contribution in [0.15, 0.2) is 10.6 Å². The molecule has 2 aromatic rings. The topological polar surface area (TPSA) is 63.4 Å². The molecule has 1 fully saturated rings. The number of benzene rings is 1. The summed E-state index contributed by atoms with van der Waals surface area (Å²) in [5, 5.41) is 3.55. The summed E-state index contributed by atoms with van der Waals surface area (Å²) in [6.45, 7) is 2.25. The largest absolute Gasteiger partial charge is 0.351 e. The van der Waals surface area contributed by atoms with Gasteiger partial charge in [0.1, 0.15) is 0 Å². The van der Waals surface area contributed by atoms with Crippen molar-refractivity contribution >= 4 is 40.1 Å². The van der Waals surface area contributed by atoms with Crippen molar-refractivity contribution in [3.8, 4) is 0 Å². The van der Waals surface area contributed by atoms with E-state index >= 15 is 0 Å². The predicted molar refractivity (Wildman–Crippen MR) is 69.1 cm³/mol. The number of hydrogen-bond acceptors (Lipinski definition) is 5. The van der Waals surface area contributed by atoms with Crippen molar-refractivity contribution in [2.75, 3.05) is 11.4 Å². The second-order valence-corrected chi connectivity index (χ2v) is 5.79. The van der Waals surface area contributed by atoms with Gasteiger partial charge in [-0.25, -0.2) is 4.39 Å². The number of thioether (sulfide) groups is 1. The number of aromatic nitrogens is 1. The van der Waals surface area contributed by atoms with Crippen LogP contribution in [0.2, 0.25) is 0 Å². The molecule has 8 heteroatoms. The molecule has 0 unspecified atom stereocenters. The zero-order valence-electron chi connectivity index (χ0n) is 10.2. The highest BCUT2D eigenvalue weighted by atomic mass is 32.2. The van der Waals surface area contributed by atoms with Gasteiger partial charge in [0.15, 0.2) is 17.9 Å². The van der Waals surface area contributed by atoms with E-state index in [0.29, 0.717) is 6.54 Å². The molecule has 1 aromatic carbocycles. The Kier molecular flexibility index (Phi) is 2.97. The van der Waals surface area contributed by atoms with Crippen molar-refractivity contribution in [3.63, 3.8) is 0 Å². The molecule has 1 aromatic heterocycles. The van der Waals surface area contributed by atoms with Crippen LogP contribution in [0.4, 0.5) is 19.4 Å². The number of fused-ring (bicyclic) bond motifs is 1. The molecule has 3 rings (SSSR count). The Labute approximate surface area is 115 Å². The smallest absolute Gasteiger partial charge is 0.287 e. The van der Waals surface area contributed by atoms with Gasteiger partial charge in [-0.15, -0.1) is 0 Å². The molecule has 1 aliphatic rings. The Morgan fingerprint density at radius 3 is 2.85 bits per heavy atom. The third kappa shape index (κ3) is 1.79. The van der Waals surface area contributed by atoms with Crippen LogP contribution < -0.4 is 4.90 Å². The molecule has 0 bridgehead atoms. The molecule has 1 aliphatic heterocycles. The van der Waals surface area contributed by atoms with Crippen LogP contribution in [0, 0.1) is 11.6 Å². The van der Waals surface area contributed by atoms with Crippen LogP contribution in [0.5, 0.6) is 0 Å². The number of anilines is 1. The Balaban J connectivity index is 2.21. The number of amides is 1. The number of halogens is 2. The lowest BCUT2D eigenvalue weighted by Crippen LogP contribution is -2.24. The number of rotatable bonds is 2. The molecule has 0 N–H and O–H groups in total. The first-order valence-electron chi connectivity index (χ1n) is 5.73. The summed E-state index contributed by atoms with van der Waals surface area (Å²) in [6, 6.07) is 1.13. The van der Waals surface area contributed by atoms with Gasteiger partial charge in [0.25, 0.3) is 5.24 Å². The number of hydrogen-bond donors (Lipinski definition) is 0. The highest BCUT2D eigenvalue weighted by Crippen LogP contribution is 2.36. The molecule has 104 valence electrons. The zero-order valence-corrected chi connectivity index (χ0v) is 11.0. The minimum atomic E-state index is -1.29. The first-order valence-corrected chi connectivity index (χ1v) is 6.61. The van der Waals surface area contributed by atoms with Gasteiger partial charge in [-0.05, 0) is 6.07 Å². The lowest BCUT2D eigenvalue weighted by molar-refractivity contribution is 0.111. The fourth-order valence-corrected chi connectivity index (χ4v) is 2.94. The molecular formula is C12H8F2N2O3S. The van der Waals surface area contributed by atoms with Gasteiger partial charge >= 0.3 is 0 Å². The highest BCUT2D eigenvalue weighted by molar-refractivity contribution is 8.14. The Morgan fingerprint density at radius 1 is 1.50 bits per heavy atom. The number of aldehydes is 1. The van der Waals surface area contributed by atoms with Crippen LogP contribution >= 0.6 is 11.8 Å². The van der Waals surface area contributed by atoms with Crippen molar-refractivity contribution in [3.05, 3.63) is 23.3 Å². The molecule has 5 nitrogen and oxygen atoms in total. The Bertz CT molecular complexity index is 731. The van der Waals surface area contributed by atoms with Gasteiger partial charge in [-0.2, -0.15) is 4.39 Å². The lowest BCUT2D eigenvalue weighted by Gasteiger charge is -2.10. The highest BCUT2D eigenvalue weighted by Gasteiger charge is 2.33. The van der Waals surface area contributed by atoms with E-state index in [2.05, 4.69) is 5.16 Å². The lowest BCUT2D eigenvalue weighted by atomic mass is 10.1. The van der Waals surface area contributed by atoms with Crippen LogP contribution in [-0.2, 0) is 0 Å². The molecule has 1 saturated heterocycles. The van der Waals surface area contributed by atoms with Crippen LogP contribution in [-0.4, -0.2) is 28.5 Å². The number of carbonyl (C=O) groups excluding carboxylic acids is 2. The van der Waals surface area contributed by atoms with E-state index in [-0.39, 0.29) is 28.0 Å². The molecule has 0 spiro atoms. The molecule has 1 amide bonds. The van der Waals surface area contributed by atoms with Gasteiger partial charge in [-0.3, -0.25) is 14.5 Å². The maximum Gasteiger partial charge on any atom is 0.287 e. The SMILES string of the molecule is C[C@@H]1CN(c2noc3c(F)c(F)c(C=O)cc23)C(=O)S1. The minimum absolute atomic E-state index is 0.0603. The molecule has 2 heterocycles. The quantitative estimate of drug-likeness (QED) is 0.798. The third-order valence-corrected chi connectivity index (χ3v) is 3.97. The molecule has 0 radical (unpaired) electrons. The van der Waals surface area contributed by atoms with E-state index in [0.717, 1.165) is 17.8 Å². The minimum Gasteiger partial charge on any atom is -0.351 e. The third-order valence-electron chi connectivity index (χ3n) is 3.00. The number of carbonyl (C=O) groups is 2. The fraction of sp³-hybridized carbons (Fsp3) is 0.250. The van der Waals surface area contributed by atoms with E-state index in [1.807, 2.05) is 6.92 Å². The maximum absolute atomic E-state index is 13.7. The normalized spacial score (nSPS) is 19.1. The first-order chi connectivity index (χ1) is 9.52. The molecule has 0 saturated carbocycles. The van der Waals surface area contributed by atoms with Crippen molar-refractivity contribution in [1.29, 1.82) is 0 Å². The molecular weight excluding hydrogens is 290 g/mol. The molecule has 1 atom stereocenters.